The van der Waals surface area contributed by atoms with Crippen molar-refractivity contribution in [1.29, 1.82) is 0 Å². The van der Waals surface area contributed by atoms with Crippen LogP contribution >= 0.6 is 0 Å². The van der Waals surface area contributed by atoms with Crippen molar-refractivity contribution in [1.82, 2.24) is 4.31 Å². The van der Waals surface area contributed by atoms with Crippen molar-refractivity contribution >= 4 is 21.6 Å². The molecule has 0 atom stereocenters. The number of rotatable bonds is 5. The zero-order valence-corrected chi connectivity index (χ0v) is 15.8. The molecule has 1 N–H and O–H groups in total. The summed E-state index contributed by atoms with van der Waals surface area (Å²) in [5.41, 5.74) is 0.316. The summed E-state index contributed by atoms with van der Waals surface area (Å²) in [5.74, 6) is -0.745. The normalized spacial score (nSPS) is 12.3. The zero-order valence-electron chi connectivity index (χ0n) is 15.0. The molecule has 1 amide bonds. The molecule has 0 radical (unpaired) electrons. The van der Waals surface area contributed by atoms with Gasteiger partial charge < -0.3 is 5.32 Å². The number of sulfonamides is 1. The summed E-state index contributed by atoms with van der Waals surface area (Å²) in [6.45, 7) is 2.85. The minimum atomic E-state index is -4.54. The number of alkyl halides is 3. The molecular formula is C18H19F3N2O3S. The molecular weight excluding hydrogens is 381 g/mol. The number of nitrogens with zero attached hydrogens (tertiary/aromatic N) is 1. The van der Waals surface area contributed by atoms with Crippen molar-refractivity contribution in [2.45, 2.75) is 24.9 Å². The molecule has 2 aromatic rings. The summed E-state index contributed by atoms with van der Waals surface area (Å²) in [6, 6.07) is 9.07. The van der Waals surface area contributed by atoms with Crippen LogP contribution in [0.3, 0.4) is 0 Å². The quantitative estimate of drug-likeness (QED) is 0.834. The first-order valence-corrected chi connectivity index (χ1v) is 9.36. The van der Waals surface area contributed by atoms with Crippen LogP contribution in [0, 0.1) is 13.8 Å². The zero-order chi connectivity index (χ0) is 20.4. The van der Waals surface area contributed by atoms with Crippen LogP contribution in [-0.4, -0.2) is 32.2 Å². The predicted octanol–water partition coefficient (Wildman–Crippen LogP) is 3.58. The van der Waals surface area contributed by atoms with Crippen LogP contribution in [0.25, 0.3) is 0 Å². The van der Waals surface area contributed by atoms with E-state index in [0.717, 1.165) is 28.1 Å². The topological polar surface area (TPSA) is 66.5 Å². The highest BCUT2D eigenvalue weighted by Crippen LogP contribution is 2.30. The van der Waals surface area contributed by atoms with E-state index in [2.05, 4.69) is 5.32 Å². The van der Waals surface area contributed by atoms with Crippen LogP contribution in [0.5, 0.6) is 0 Å². The van der Waals surface area contributed by atoms with Crippen molar-refractivity contribution in [3.8, 4) is 0 Å². The fraction of sp³-hybridized carbons (Fsp3) is 0.278. The van der Waals surface area contributed by atoms with Gasteiger partial charge in [0.15, 0.2) is 0 Å². The van der Waals surface area contributed by atoms with Crippen LogP contribution in [0.4, 0.5) is 18.9 Å². The largest absolute Gasteiger partial charge is 0.416 e. The Labute approximate surface area is 155 Å². The van der Waals surface area contributed by atoms with Crippen molar-refractivity contribution in [3.05, 3.63) is 59.2 Å². The molecule has 0 unspecified atom stereocenters. The molecule has 0 bridgehead atoms. The summed E-state index contributed by atoms with van der Waals surface area (Å²) in [4.78, 5) is 12.2. The van der Waals surface area contributed by atoms with Gasteiger partial charge in [0, 0.05) is 12.7 Å². The third kappa shape index (κ3) is 5.08. The first-order chi connectivity index (χ1) is 12.4. The Kier molecular flexibility index (Phi) is 5.96. The summed E-state index contributed by atoms with van der Waals surface area (Å²) in [5, 5.41) is 2.29. The second-order valence-corrected chi connectivity index (χ2v) is 8.17. The van der Waals surface area contributed by atoms with Crippen molar-refractivity contribution in [2.75, 3.05) is 18.9 Å². The van der Waals surface area contributed by atoms with E-state index in [1.54, 1.807) is 26.0 Å². The average molecular weight is 400 g/mol. The van der Waals surface area contributed by atoms with Gasteiger partial charge in [0.2, 0.25) is 15.9 Å². The number of hydrogen-bond acceptors (Lipinski definition) is 3. The second kappa shape index (κ2) is 7.69. The van der Waals surface area contributed by atoms with Crippen molar-refractivity contribution in [3.63, 3.8) is 0 Å². The number of benzene rings is 2. The molecule has 5 nitrogen and oxygen atoms in total. The lowest BCUT2D eigenvalue weighted by Gasteiger charge is -2.19. The molecule has 0 heterocycles. The maximum atomic E-state index is 12.7. The SMILES string of the molecule is Cc1ccc(C)c(S(=O)(=O)N(C)CC(=O)Nc2cccc(C(F)(F)F)c2)c1. The number of halogens is 3. The van der Waals surface area contributed by atoms with E-state index in [4.69, 9.17) is 0 Å². The number of carbonyl (C=O) groups excluding carboxylic acids is 1. The Hall–Kier alpha value is -2.39. The Morgan fingerprint density at radius 1 is 1.11 bits per heavy atom. The highest BCUT2D eigenvalue weighted by atomic mass is 32.2. The molecule has 146 valence electrons. The summed E-state index contributed by atoms with van der Waals surface area (Å²) in [7, 11) is -2.68. The predicted molar refractivity (Wildman–Crippen MR) is 95.8 cm³/mol. The maximum absolute atomic E-state index is 12.7. The molecule has 0 aliphatic rings. The third-order valence-corrected chi connectivity index (χ3v) is 5.82. The van der Waals surface area contributed by atoms with Gasteiger partial charge >= 0.3 is 6.18 Å². The highest BCUT2D eigenvalue weighted by Gasteiger charge is 2.30. The number of amides is 1. The summed E-state index contributed by atoms with van der Waals surface area (Å²) < 4.78 is 64.4. The molecule has 0 fully saturated rings. The molecule has 27 heavy (non-hydrogen) atoms. The minimum absolute atomic E-state index is 0.0626. The molecule has 0 spiro atoms. The molecule has 0 saturated carbocycles. The summed E-state index contributed by atoms with van der Waals surface area (Å²) >= 11 is 0. The van der Waals surface area contributed by atoms with Gasteiger partial charge in [-0.05, 0) is 49.2 Å². The Bertz CT molecular complexity index is 957. The number of anilines is 1. The highest BCUT2D eigenvalue weighted by molar-refractivity contribution is 7.89. The summed E-state index contributed by atoms with van der Waals surface area (Å²) in [6.07, 6.45) is -4.54. The smallest absolute Gasteiger partial charge is 0.325 e. The van der Waals surface area contributed by atoms with Crippen LogP contribution in [0.2, 0.25) is 0 Å². The van der Waals surface area contributed by atoms with Crippen LogP contribution in [0.1, 0.15) is 16.7 Å². The molecule has 2 rings (SSSR count). The number of hydrogen-bond donors (Lipinski definition) is 1. The van der Waals surface area contributed by atoms with Gasteiger partial charge in [0.1, 0.15) is 0 Å². The first-order valence-electron chi connectivity index (χ1n) is 7.92. The van der Waals surface area contributed by atoms with E-state index in [1.807, 2.05) is 0 Å². The Morgan fingerprint density at radius 2 is 1.78 bits per heavy atom. The van der Waals surface area contributed by atoms with E-state index in [0.29, 0.717) is 5.56 Å². The fourth-order valence-corrected chi connectivity index (χ4v) is 3.85. The van der Waals surface area contributed by atoms with E-state index in [1.165, 1.54) is 19.2 Å². The average Bonchev–Trinajstić information content (AvgIpc) is 2.56. The van der Waals surface area contributed by atoms with Crippen molar-refractivity contribution < 1.29 is 26.4 Å². The molecule has 0 aliphatic carbocycles. The van der Waals surface area contributed by atoms with E-state index < -0.39 is 34.2 Å². The van der Waals surface area contributed by atoms with Crippen LogP contribution in [0.15, 0.2) is 47.4 Å². The lowest BCUT2D eigenvalue weighted by atomic mass is 10.2. The van der Waals surface area contributed by atoms with Crippen LogP contribution < -0.4 is 5.32 Å². The monoisotopic (exact) mass is 400 g/mol. The lowest BCUT2D eigenvalue weighted by Crippen LogP contribution is -2.35. The lowest BCUT2D eigenvalue weighted by molar-refractivity contribution is -0.137. The van der Waals surface area contributed by atoms with Gasteiger partial charge in [-0.15, -0.1) is 0 Å². The Balaban J connectivity index is 2.15. The standard InChI is InChI=1S/C18H19F3N2O3S/c1-12-7-8-13(2)16(9-12)27(25,26)23(3)11-17(24)22-15-6-4-5-14(10-15)18(19,20)21/h4-10H,11H2,1-3H3,(H,22,24). The van der Waals surface area contributed by atoms with E-state index in [9.17, 15) is 26.4 Å². The number of nitrogens with one attached hydrogen (secondary N) is 1. The van der Waals surface area contributed by atoms with Gasteiger partial charge in [-0.1, -0.05) is 18.2 Å². The minimum Gasteiger partial charge on any atom is -0.325 e. The van der Waals surface area contributed by atoms with E-state index in [-0.39, 0.29) is 10.6 Å². The van der Waals surface area contributed by atoms with Gasteiger partial charge in [-0.25, -0.2) is 8.42 Å². The van der Waals surface area contributed by atoms with Gasteiger partial charge in [-0.2, -0.15) is 17.5 Å². The molecule has 9 heteroatoms. The molecule has 0 aromatic heterocycles. The number of likely N-dealkylation sites (N-methyl/N-ethyl adjacent to an activating group) is 1. The fourth-order valence-electron chi connectivity index (χ4n) is 2.41. The van der Waals surface area contributed by atoms with Crippen LogP contribution in [-0.2, 0) is 21.0 Å². The molecule has 0 aliphatic heterocycles. The van der Waals surface area contributed by atoms with Gasteiger partial charge in [0.05, 0.1) is 17.0 Å². The number of aryl methyl sites for hydroxylation is 2. The van der Waals surface area contributed by atoms with E-state index >= 15 is 0 Å². The molecule has 2 aromatic carbocycles. The molecule has 0 saturated heterocycles. The van der Waals surface area contributed by atoms with Crippen molar-refractivity contribution in [2.24, 2.45) is 0 Å². The number of carbonyl (C=O) groups is 1. The second-order valence-electron chi connectivity index (χ2n) is 6.16. The third-order valence-electron chi connectivity index (χ3n) is 3.87. The van der Waals surface area contributed by atoms with Gasteiger partial charge in [0.25, 0.3) is 0 Å². The first kappa shape index (κ1) is 20.9. The van der Waals surface area contributed by atoms with Gasteiger partial charge in [-0.3, -0.25) is 4.79 Å². The maximum Gasteiger partial charge on any atom is 0.416 e. The Morgan fingerprint density at radius 3 is 2.41 bits per heavy atom.